The maximum absolute atomic E-state index is 12.7. The highest BCUT2D eigenvalue weighted by Gasteiger charge is 2.29. The Morgan fingerprint density at radius 2 is 2.15 bits per heavy atom. The molecule has 0 aromatic heterocycles. The monoisotopic (exact) mass is 297 g/mol. The van der Waals surface area contributed by atoms with Gasteiger partial charge in [0.05, 0.1) is 4.90 Å². The number of nitrogens with two attached hydrogens (primary N) is 1. The minimum atomic E-state index is -3.48. The van der Waals surface area contributed by atoms with Crippen LogP contribution in [-0.4, -0.2) is 50.8 Å². The van der Waals surface area contributed by atoms with E-state index in [1.807, 2.05) is 7.05 Å². The molecule has 0 spiro atoms. The van der Waals surface area contributed by atoms with Crippen molar-refractivity contribution < 1.29 is 8.42 Å². The molecule has 1 atom stereocenters. The molecule has 0 bridgehead atoms. The van der Waals surface area contributed by atoms with E-state index in [-0.39, 0.29) is 0 Å². The zero-order valence-electron chi connectivity index (χ0n) is 12.3. The maximum Gasteiger partial charge on any atom is 0.243 e. The molecular formula is C14H23N3O2S. The molecule has 2 rings (SSSR count). The summed E-state index contributed by atoms with van der Waals surface area (Å²) in [5, 5.41) is 0. The quantitative estimate of drug-likeness (QED) is 0.851. The Morgan fingerprint density at radius 3 is 2.75 bits per heavy atom. The summed E-state index contributed by atoms with van der Waals surface area (Å²) in [5.74, 6) is 0. The maximum atomic E-state index is 12.7. The highest BCUT2D eigenvalue weighted by molar-refractivity contribution is 7.89. The number of nitrogen functional groups attached to an aromatic ring is 1. The number of sulfonamides is 1. The number of aryl methyl sites for hydroxylation is 1. The molecule has 1 saturated heterocycles. The molecule has 0 radical (unpaired) electrons. The fourth-order valence-electron chi connectivity index (χ4n) is 2.67. The molecule has 5 nitrogen and oxygen atoms in total. The van der Waals surface area contributed by atoms with Crippen LogP contribution in [0.15, 0.2) is 23.1 Å². The van der Waals surface area contributed by atoms with E-state index in [0.29, 0.717) is 23.2 Å². The predicted molar refractivity (Wildman–Crippen MR) is 81.1 cm³/mol. The van der Waals surface area contributed by atoms with E-state index in [0.717, 1.165) is 24.9 Å². The van der Waals surface area contributed by atoms with Gasteiger partial charge in [0.1, 0.15) is 0 Å². The van der Waals surface area contributed by atoms with Crippen LogP contribution in [0.5, 0.6) is 0 Å². The second-order valence-corrected chi connectivity index (χ2v) is 7.60. The lowest BCUT2D eigenvalue weighted by Crippen LogP contribution is -2.39. The van der Waals surface area contributed by atoms with Gasteiger partial charge >= 0.3 is 0 Å². The number of benzene rings is 1. The van der Waals surface area contributed by atoms with Crippen LogP contribution in [0.2, 0.25) is 0 Å². The zero-order valence-corrected chi connectivity index (χ0v) is 13.2. The van der Waals surface area contributed by atoms with Crippen LogP contribution in [0.25, 0.3) is 0 Å². The van der Waals surface area contributed by atoms with E-state index in [9.17, 15) is 8.42 Å². The van der Waals surface area contributed by atoms with Crippen LogP contribution in [0.3, 0.4) is 0 Å². The summed E-state index contributed by atoms with van der Waals surface area (Å²) in [7, 11) is 0.212. The SMILES string of the molecule is Cc1ccc(N)cc1S(=O)(=O)N(C)CC1CCCN1C. The van der Waals surface area contributed by atoms with Gasteiger partial charge in [0.15, 0.2) is 0 Å². The van der Waals surface area contributed by atoms with E-state index in [2.05, 4.69) is 4.90 Å². The molecule has 0 saturated carbocycles. The Bertz CT molecular complexity index is 586. The van der Waals surface area contributed by atoms with Crippen LogP contribution in [0.4, 0.5) is 5.69 Å². The Balaban J connectivity index is 2.23. The fourth-order valence-corrected chi connectivity index (χ4v) is 4.13. The Hall–Kier alpha value is -1.11. The van der Waals surface area contributed by atoms with Crippen molar-refractivity contribution in [3.8, 4) is 0 Å². The third kappa shape index (κ3) is 2.97. The first kappa shape index (κ1) is 15.3. The average Bonchev–Trinajstić information content (AvgIpc) is 2.78. The number of hydrogen-bond donors (Lipinski definition) is 1. The summed E-state index contributed by atoms with van der Waals surface area (Å²) in [6, 6.07) is 5.31. The third-order valence-electron chi connectivity index (χ3n) is 4.04. The molecule has 0 aliphatic carbocycles. The first-order chi connectivity index (χ1) is 9.32. The van der Waals surface area contributed by atoms with Gasteiger partial charge in [0.2, 0.25) is 10.0 Å². The molecule has 112 valence electrons. The van der Waals surface area contributed by atoms with Gasteiger partial charge in [-0.05, 0) is 51.1 Å². The van der Waals surface area contributed by atoms with Gasteiger partial charge in [-0.2, -0.15) is 4.31 Å². The number of hydrogen-bond acceptors (Lipinski definition) is 4. The normalized spacial score (nSPS) is 20.7. The number of anilines is 1. The van der Waals surface area contributed by atoms with E-state index in [1.54, 1.807) is 32.2 Å². The van der Waals surface area contributed by atoms with Crippen molar-refractivity contribution in [1.29, 1.82) is 0 Å². The molecule has 1 aromatic carbocycles. The predicted octanol–water partition coefficient (Wildman–Crippen LogP) is 1.29. The standard InChI is InChI=1S/C14H23N3O2S/c1-11-6-7-12(15)9-14(11)20(18,19)17(3)10-13-5-4-8-16(13)2/h6-7,9,13H,4-5,8,10,15H2,1-3H3. The lowest BCUT2D eigenvalue weighted by Gasteiger charge is -2.26. The minimum absolute atomic E-state index is 0.302. The molecule has 1 unspecified atom stereocenters. The first-order valence-electron chi connectivity index (χ1n) is 6.85. The van der Waals surface area contributed by atoms with Crippen LogP contribution in [0.1, 0.15) is 18.4 Å². The molecule has 1 fully saturated rings. The van der Waals surface area contributed by atoms with Crippen LogP contribution >= 0.6 is 0 Å². The van der Waals surface area contributed by atoms with E-state index < -0.39 is 10.0 Å². The van der Waals surface area contributed by atoms with Crippen molar-refractivity contribution in [3.63, 3.8) is 0 Å². The van der Waals surface area contributed by atoms with Crippen LogP contribution < -0.4 is 5.73 Å². The second-order valence-electron chi connectivity index (χ2n) is 5.59. The average molecular weight is 297 g/mol. The Morgan fingerprint density at radius 1 is 1.45 bits per heavy atom. The Labute approximate surface area is 121 Å². The topological polar surface area (TPSA) is 66.6 Å². The number of rotatable bonds is 4. The number of likely N-dealkylation sites (N-methyl/N-ethyl adjacent to an activating group) is 2. The van der Waals surface area contributed by atoms with Crippen molar-refractivity contribution in [2.45, 2.75) is 30.7 Å². The van der Waals surface area contributed by atoms with Gasteiger partial charge in [-0.25, -0.2) is 8.42 Å². The number of nitrogens with zero attached hydrogens (tertiary/aromatic N) is 2. The minimum Gasteiger partial charge on any atom is -0.399 e. The lowest BCUT2D eigenvalue weighted by atomic mass is 10.2. The third-order valence-corrected chi connectivity index (χ3v) is 6.01. The summed E-state index contributed by atoms with van der Waals surface area (Å²) in [6.07, 6.45) is 2.18. The van der Waals surface area contributed by atoms with Gasteiger partial charge in [0, 0.05) is 25.3 Å². The molecular weight excluding hydrogens is 274 g/mol. The summed E-state index contributed by atoms with van der Waals surface area (Å²) in [6.45, 7) is 3.35. The largest absolute Gasteiger partial charge is 0.399 e. The van der Waals surface area contributed by atoms with Crippen molar-refractivity contribution in [3.05, 3.63) is 23.8 Å². The second kappa shape index (κ2) is 5.71. The van der Waals surface area contributed by atoms with Crippen molar-refractivity contribution in [2.24, 2.45) is 0 Å². The van der Waals surface area contributed by atoms with Crippen LogP contribution in [-0.2, 0) is 10.0 Å². The molecule has 6 heteroatoms. The van der Waals surface area contributed by atoms with Crippen LogP contribution in [0, 0.1) is 6.92 Å². The van der Waals surface area contributed by atoms with Gasteiger partial charge in [-0.3, -0.25) is 0 Å². The van der Waals surface area contributed by atoms with Crippen molar-refractivity contribution in [2.75, 3.05) is 32.9 Å². The van der Waals surface area contributed by atoms with E-state index in [4.69, 9.17) is 5.73 Å². The van der Waals surface area contributed by atoms with E-state index in [1.165, 1.54) is 4.31 Å². The highest BCUT2D eigenvalue weighted by atomic mass is 32.2. The summed E-state index contributed by atoms with van der Waals surface area (Å²) >= 11 is 0. The molecule has 2 N–H and O–H groups in total. The molecule has 1 aliphatic rings. The fraction of sp³-hybridized carbons (Fsp3) is 0.571. The summed E-state index contributed by atoms with van der Waals surface area (Å²) in [5.41, 5.74) is 6.92. The molecule has 1 aliphatic heterocycles. The first-order valence-corrected chi connectivity index (χ1v) is 8.29. The number of likely N-dealkylation sites (tertiary alicyclic amines) is 1. The Kier molecular flexibility index (Phi) is 4.36. The van der Waals surface area contributed by atoms with Crippen molar-refractivity contribution in [1.82, 2.24) is 9.21 Å². The van der Waals surface area contributed by atoms with Gasteiger partial charge in [-0.15, -0.1) is 0 Å². The summed E-state index contributed by atoms with van der Waals surface area (Å²) < 4.78 is 26.7. The molecule has 1 heterocycles. The van der Waals surface area contributed by atoms with Gasteiger partial charge < -0.3 is 10.6 Å². The zero-order chi connectivity index (χ0) is 14.9. The highest BCUT2D eigenvalue weighted by Crippen LogP contribution is 2.23. The smallest absolute Gasteiger partial charge is 0.243 e. The molecule has 1 aromatic rings. The van der Waals surface area contributed by atoms with Crippen molar-refractivity contribution >= 4 is 15.7 Å². The van der Waals surface area contributed by atoms with Gasteiger partial charge in [0.25, 0.3) is 0 Å². The lowest BCUT2D eigenvalue weighted by molar-refractivity contribution is 0.271. The summed E-state index contributed by atoms with van der Waals surface area (Å²) in [4.78, 5) is 2.53. The molecule has 20 heavy (non-hydrogen) atoms. The van der Waals surface area contributed by atoms with E-state index >= 15 is 0 Å². The van der Waals surface area contributed by atoms with Gasteiger partial charge in [-0.1, -0.05) is 6.07 Å². The molecule has 0 amide bonds.